The van der Waals surface area contributed by atoms with E-state index in [2.05, 4.69) is 10.6 Å². The van der Waals surface area contributed by atoms with Crippen LogP contribution in [0, 0.1) is 5.82 Å². The molecule has 1 unspecified atom stereocenters. The first-order chi connectivity index (χ1) is 12.5. The number of hydrogen-bond acceptors (Lipinski definition) is 3. The van der Waals surface area contributed by atoms with E-state index < -0.39 is 23.8 Å². The molecule has 0 heterocycles. The lowest BCUT2D eigenvalue weighted by molar-refractivity contribution is -0.916. The molecule has 0 bridgehead atoms. The van der Waals surface area contributed by atoms with E-state index in [4.69, 9.17) is 4.74 Å². The number of halogens is 1. The average Bonchev–Trinajstić information content (AvgIpc) is 2.62. The van der Waals surface area contributed by atoms with Crippen LogP contribution < -0.4 is 20.3 Å². The lowest BCUT2D eigenvalue weighted by Gasteiger charge is -2.24. The van der Waals surface area contributed by atoms with E-state index in [0.717, 1.165) is 16.0 Å². The zero-order chi connectivity index (χ0) is 19.1. The SMILES string of the molecule is CNC(=O)NC(=O)[C@H](c1ccccc1)[NH+](C)Cc1ccc(OC)c(F)c1. The third-order valence-corrected chi connectivity index (χ3v) is 4.05. The highest BCUT2D eigenvalue weighted by atomic mass is 19.1. The van der Waals surface area contributed by atoms with E-state index in [0.29, 0.717) is 6.54 Å². The average molecular weight is 360 g/mol. The Kier molecular flexibility index (Phi) is 6.68. The van der Waals surface area contributed by atoms with E-state index >= 15 is 0 Å². The highest BCUT2D eigenvalue weighted by Crippen LogP contribution is 2.17. The number of nitrogens with one attached hydrogen (secondary N) is 3. The van der Waals surface area contributed by atoms with Crippen LogP contribution in [0.4, 0.5) is 9.18 Å². The van der Waals surface area contributed by atoms with Crippen LogP contribution in [0.3, 0.4) is 0 Å². The maximum atomic E-state index is 13.9. The number of quaternary nitrogens is 1. The van der Waals surface area contributed by atoms with Crippen LogP contribution in [-0.4, -0.2) is 33.1 Å². The second kappa shape index (κ2) is 8.96. The van der Waals surface area contributed by atoms with Gasteiger partial charge in [-0.3, -0.25) is 10.1 Å². The molecule has 0 saturated heterocycles. The summed E-state index contributed by atoms with van der Waals surface area (Å²) in [5.74, 6) is -0.714. The van der Waals surface area contributed by atoms with Gasteiger partial charge in [0.05, 0.1) is 14.2 Å². The summed E-state index contributed by atoms with van der Waals surface area (Å²) >= 11 is 0. The van der Waals surface area contributed by atoms with Crippen LogP contribution >= 0.6 is 0 Å². The van der Waals surface area contributed by atoms with Gasteiger partial charge in [0.25, 0.3) is 5.91 Å². The number of urea groups is 1. The monoisotopic (exact) mass is 360 g/mol. The highest BCUT2D eigenvalue weighted by molar-refractivity contribution is 5.96. The molecule has 0 saturated carbocycles. The second-order valence-corrected chi connectivity index (χ2v) is 5.90. The fourth-order valence-corrected chi connectivity index (χ4v) is 2.80. The van der Waals surface area contributed by atoms with Crippen molar-refractivity contribution in [2.75, 3.05) is 21.2 Å². The van der Waals surface area contributed by atoms with Gasteiger partial charge in [0.15, 0.2) is 17.6 Å². The molecule has 138 valence electrons. The summed E-state index contributed by atoms with van der Waals surface area (Å²) in [4.78, 5) is 25.0. The number of ether oxygens (including phenoxy) is 1. The molecule has 2 atom stereocenters. The Morgan fingerprint density at radius 1 is 1.19 bits per heavy atom. The Morgan fingerprint density at radius 3 is 2.46 bits per heavy atom. The van der Waals surface area contributed by atoms with Crippen molar-refractivity contribution in [2.45, 2.75) is 12.6 Å². The molecule has 0 aliphatic rings. The summed E-state index contributed by atoms with van der Waals surface area (Å²) in [7, 11) is 4.67. The summed E-state index contributed by atoms with van der Waals surface area (Å²) in [6, 6.07) is 12.7. The molecule has 6 nitrogen and oxygen atoms in total. The van der Waals surface area contributed by atoms with Crippen LogP contribution in [0.5, 0.6) is 5.75 Å². The first-order valence-corrected chi connectivity index (χ1v) is 8.18. The molecular formula is C19H23FN3O3+. The van der Waals surface area contributed by atoms with Crippen molar-refractivity contribution in [1.82, 2.24) is 10.6 Å². The van der Waals surface area contributed by atoms with Gasteiger partial charge in [0.1, 0.15) is 6.54 Å². The number of hydrogen-bond donors (Lipinski definition) is 3. The van der Waals surface area contributed by atoms with Gasteiger partial charge in [0, 0.05) is 18.2 Å². The lowest BCUT2D eigenvalue weighted by atomic mass is 10.0. The predicted molar refractivity (Wildman–Crippen MR) is 95.3 cm³/mol. The highest BCUT2D eigenvalue weighted by Gasteiger charge is 2.30. The van der Waals surface area contributed by atoms with E-state index in [1.54, 1.807) is 12.1 Å². The van der Waals surface area contributed by atoms with Crippen LogP contribution in [0.15, 0.2) is 48.5 Å². The number of benzene rings is 2. The van der Waals surface area contributed by atoms with Crippen molar-refractivity contribution in [3.8, 4) is 5.75 Å². The number of methoxy groups -OCH3 is 1. The van der Waals surface area contributed by atoms with Crippen LogP contribution in [0.25, 0.3) is 0 Å². The van der Waals surface area contributed by atoms with Crippen molar-refractivity contribution in [2.24, 2.45) is 0 Å². The Balaban J connectivity index is 2.25. The molecule has 0 aromatic heterocycles. The summed E-state index contributed by atoms with van der Waals surface area (Å²) in [6.45, 7) is 0.391. The molecule has 26 heavy (non-hydrogen) atoms. The molecule has 3 amide bonds. The van der Waals surface area contributed by atoms with Crippen molar-refractivity contribution in [3.63, 3.8) is 0 Å². The van der Waals surface area contributed by atoms with Crippen LogP contribution in [0.1, 0.15) is 17.2 Å². The maximum absolute atomic E-state index is 13.9. The number of carbonyl (C=O) groups excluding carboxylic acids is 2. The van der Waals surface area contributed by atoms with Gasteiger partial charge in [-0.15, -0.1) is 0 Å². The summed E-state index contributed by atoms with van der Waals surface area (Å²) in [5.41, 5.74) is 1.48. The Hall–Kier alpha value is -2.93. The number of imide groups is 1. The molecule has 0 fully saturated rings. The van der Waals surface area contributed by atoms with Gasteiger partial charge < -0.3 is 15.0 Å². The minimum absolute atomic E-state index is 0.170. The standard InChI is InChI=1S/C19H22FN3O3/c1-21-19(25)22-18(24)17(14-7-5-4-6-8-14)23(2)12-13-9-10-16(26-3)15(20)11-13/h4-11,17H,12H2,1-3H3,(H2,21,22,24,25)/p+1/t17-/m0/s1. The minimum Gasteiger partial charge on any atom is -0.494 e. The normalized spacial score (nSPS) is 12.8. The largest absolute Gasteiger partial charge is 0.494 e. The first-order valence-electron chi connectivity index (χ1n) is 8.18. The number of carbonyl (C=O) groups is 2. The predicted octanol–water partition coefficient (Wildman–Crippen LogP) is 1.05. The fourth-order valence-electron chi connectivity index (χ4n) is 2.80. The van der Waals surface area contributed by atoms with Crippen LogP contribution in [-0.2, 0) is 11.3 Å². The van der Waals surface area contributed by atoms with E-state index in [9.17, 15) is 14.0 Å². The second-order valence-electron chi connectivity index (χ2n) is 5.90. The third kappa shape index (κ3) is 4.80. The van der Waals surface area contributed by atoms with E-state index in [-0.39, 0.29) is 5.75 Å². The molecule has 3 N–H and O–H groups in total. The Bertz CT molecular complexity index is 768. The van der Waals surface area contributed by atoms with Crippen molar-refractivity contribution >= 4 is 11.9 Å². The van der Waals surface area contributed by atoms with Gasteiger partial charge in [-0.25, -0.2) is 9.18 Å². The molecule has 2 aromatic carbocycles. The Labute approximate surface area is 152 Å². The van der Waals surface area contributed by atoms with Gasteiger partial charge in [-0.2, -0.15) is 0 Å². The number of rotatable bonds is 6. The zero-order valence-electron chi connectivity index (χ0n) is 15.0. The smallest absolute Gasteiger partial charge is 0.321 e. The summed E-state index contributed by atoms with van der Waals surface area (Å²) < 4.78 is 18.9. The van der Waals surface area contributed by atoms with Gasteiger partial charge in [-0.1, -0.05) is 30.3 Å². The maximum Gasteiger partial charge on any atom is 0.321 e. The summed E-state index contributed by atoms with van der Waals surface area (Å²) in [5, 5.41) is 4.69. The van der Waals surface area contributed by atoms with Gasteiger partial charge in [-0.05, 0) is 18.2 Å². The van der Waals surface area contributed by atoms with Crippen molar-refractivity contribution in [3.05, 3.63) is 65.5 Å². The number of amides is 3. The van der Waals surface area contributed by atoms with Gasteiger partial charge >= 0.3 is 6.03 Å². The molecular weight excluding hydrogens is 337 g/mol. The molecule has 0 aliphatic heterocycles. The number of likely N-dealkylation sites (N-methyl/N-ethyl adjacent to an activating group) is 1. The quantitative estimate of drug-likeness (QED) is 0.721. The fraction of sp³-hybridized carbons (Fsp3) is 0.263. The Morgan fingerprint density at radius 2 is 1.88 bits per heavy atom. The van der Waals surface area contributed by atoms with Crippen molar-refractivity contribution in [1.29, 1.82) is 0 Å². The van der Waals surface area contributed by atoms with Crippen LogP contribution in [0.2, 0.25) is 0 Å². The summed E-state index contributed by atoms with van der Waals surface area (Å²) in [6.07, 6.45) is 0. The third-order valence-electron chi connectivity index (χ3n) is 4.05. The topological polar surface area (TPSA) is 71.9 Å². The first kappa shape index (κ1) is 19.4. The molecule has 7 heteroatoms. The molecule has 0 aliphatic carbocycles. The van der Waals surface area contributed by atoms with E-state index in [1.807, 2.05) is 37.4 Å². The molecule has 2 aromatic rings. The van der Waals surface area contributed by atoms with E-state index in [1.165, 1.54) is 20.2 Å². The minimum atomic E-state index is -0.626. The molecule has 0 spiro atoms. The zero-order valence-corrected chi connectivity index (χ0v) is 15.0. The molecule has 2 rings (SSSR count). The molecule has 0 radical (unpaired) electrons. The lowest BCUT2D eigenvalue weighted by Crippen LogP contribution is -3.09. The van der Waals surface area contributed by atoms with Crippen molar-refractivity contribution < 1.29 is 23.6 Å². The van der Waals surface area contributed by atoms with Gasteiger partial charge in [0.2, 0.25) is 0 Å².